The number of hydrogen-bond acceptors (Lipinski definition) is 11. The minimum absolute atomic E-state index is 0.0413. The minimum Gasteiger partial charge on any atom is -0.441 e. The number of hydrogen-bond donors (Lipinski definition) is 4. The number of furan rings is 1. The molecule has 1 fully saturated rings. The Kier molecular flexibility index (Phi) is 5.88. The molecular weight excluding hydrogens is 396 g/mol. The Bertz CT molecular complexity index is 957. The van der Waals surface area contributed by atoms with E-state index in [2.05, 4.69) is 10.3 Å². The van der Waals surface area contributed by atoms with E-state index in [1.807, 2.05) is 0 Å². The van der Waals surface area contributed by atoms with Gasteiger partial charge in [-0.3, -0.25) is 20.0 Å². The van der Waals surface area contributed by atoms with E-state index in [9.17, 15) is 29.9 Å². The SMILES string of the molecule is O=C(Nc1ccn([C@@H]2OC(CO)[C@@H](O)[C@@H]2O)c(=O)n1)OCc1ccc([N+](=O)[O-])o1. The zero-order valence-electron chi connectivity index (χ0n) is 14.6. The Morgan fingerprint density at radius 1 is 1.34 bits per heavy atom. The maximum atomic E-state index is 12.1. The summed E-state index contributed by atoms with van der Waals surface area (Å²) in [7, 11) is 0. The van der Waals surface area contributed by atoms with Crippen LogP contribution in [0.4, 0.5) is 16.5 Å². The molecule has 14 nitrogen and oxygen atoms in total. The molecule has 0 spiro atoms. The van der Waals surface area contributed by atoms with Gasteiger partial charge in [0.25, 0.3) is 0 Å². The van der Waals surface area contributed by atoms with Crippen molar-refractivity contribution < 1.29 is 38.9 Å². The summed E-state index contributed by atoms with van der Waals surface area (Å²) in [4.78, 5) is 37.3. The Hall–Kier alpha value is -3.33. The lowest BCUT2D eigenvalue weighted by molar-refractivity contribution is -0.402. The molecule has 0 bridgehead atoms. The van der Waals surface area contributed by atoms with Crippen LogP contribution in [0.25, 0.3) is 0 Å². The number of ether oxygens (including phenoxy) is 2. The molecule has 4 N–H and O–H groups in total. The van der Waals surface area contributed by atoms with Crippen molar-refractivity contribution in [2.75, 3.05) is 11.9 Å². The van der Waals surface area contributed by atoms with E-state index in [1.54, 1.807) is 0 Å². The molecule has 0 aliphatic carbocycles. The summed E-state index contributed by atoms with van der Waals surface area (Å²) in [5.74, 6) is -0.632. The van der Waals surface area contributed by atoms with Crippen molar-refractivity contribution in [2.45, 2.75) is 31.1 Å². The first-order valence-electron chi connectivity index (χ1n) is 8.18. The maximum Gasteiger partial charge on any atom is 0.433 e. The second-order valence-corrected chi connectivity index (χ2v) is 5.93. The van der Waals surface area contributed by atoms with Crippen LogP contribution in [0.1, 0.15) is 12.0 Å². The van der Waals surface area contributed by atoms with Crippen molar-refractivity contribution in [1.29, 1.82) is 0 Å². The second-order valence-electron chi connectivity index (χ2n) is 5.93. The maximum absolute atomic E-state index is 12.1. The molecule has 0 aromatic carbocycles. The molecule has 156 valence electrons. The molecule has 3 heterocycles. The van der Waals surface area contributed by atoms with Gasteiger partial charge in [-0.1, -0.05) is 0 Å². The highest BCUT2D eigenvalue weighted by atomic mass is 16.7. The summed E-state index contributed by atoms with van der Waals surface area (Å²) in [5.41, 5.74) is -0.903. The molecule has 4 atom stereocenters. The summed E-state index contributed by atoms with van der Waals surface area (Å²) in [6.45, 7) is -0.944. The summed E-state index contributed by atoms with van der Waals surface area (Å²) in [6.07, 6.45) is -5.01. The quantitative estimate of drug-likeness (QED) is 0.339. The van der Waals surface area contributed by atoms with E-state index in [0.717, 1.165) is 10.6 Å². The lowest BCUT2D eigenvalue weighted by atomic mass is 10.1. The third-order valence-corrected chi connectivity index (χ3v) is 4.02. The van der Waals surface area contributed by atoms with E-state index < -0.39 is 53.7 Å². The molecule has 1 saturated heterocycles. The number of carbonyl (C=O) groups is 1. The smallest absolute Gasteiger partial charge is 0.433 e. The van der Waals surface area contributed by atoms with E-state index in [1.165, 1.54) is 18.3 Å². The van der Waals surface area contributed by atoms with Crippen LogP contribution in [0.3, 0.4) is 0 Å². The van der Waals surface area contributed by atoms with Gasteiger partial charge in [-0.2, -0.15) is 4.98 Å². The third kappa shape index (κ3) is 4.40. The first kappa shape index (κ1) is 20.4. The van der Waals surface area contributed by atoms with Crippen molar-refractivity contribution in [2.24, 2.45) is 0 Å². The molecule has 0 radical (unpaired) electrons. The molecule has 2 aromatic heterocycles. The lowest BCUT2D eigenvalue weighted by Gasteiger charge is -2.17. The number of rotatable bonds is 6. The largest absolute Gasteiger partial charge is 0.441 e. The van der Waals surface area contributed by atoms with Crippen LogP contribution in [0.15, 0.2) is 33.6 Å². The predicted molar refractivity (Wildman–Crippen MR) is 90.7 cm³/mol. The van der Waals surface area contributed by atoms with Crippen molar-refractivity contribution in [3.63, 3.8) is 0 Å². The van der Waals surface area contributed by atoms with Crippen LogP contribution in [0.5, 0.6) is 0 Å². The molecule has 2 aromatic rings. The lowest BCUT2D eigenvalue weighted by Crippen LogP contribution is -2.36. The van der Waals surface area contributed by atoms with Crippen molar-refractivity contribution in [3.05, 3.63) is 50.8 Å². The van der Waals surface area contributed by atoms with E-state index in [0.29, 0.717) is 0 Å². The zero-order valence-corrected chi connectivity index (χ0v) is 14.6. The molecule has 1 unspecified atom stereocenters. The summed E-state index contributed by atoms with van der Waals surface area (Å²) >= 11 is 0. The van der Waals surface area contributed by atoms with E-state index >= 15 is 0 Å². The van der Waals surface area contributed by atoms with Gasteiger partial charge in [0.05, 0.1) is 12.7 Å². The molecule has 1 aliphatic heterocycles. The molecule has 29 heavy (non-hydrogen) atoms. The first-order chi connectivity index (χ1) is 13.8. The van der Waals surface area contributed by atoms with Gasteiger partial charge >= 0.3 is 17.7 Å². The fraction of sp³-hybridized carbons (Fsp3) is 0.400. The van der Waals surface area contributed by atoms with Crippen molar-refractivity contribution in [1.82, 2.24) is 9.55 Å². The van der Waals surface area contributed by atoms with Gasteiger partial charge in [0.1, 0.15) is 34.8 Å². The van der Waals surface area contributed by atoms with Gasteiger partial charge in [-0.25, -0.2) is 9.59 Å². The standard InChI is InChI=1S/C15H16N4O10/c20-5-8-11(21)12(22)13(29-8)18-4-3-9(16-14(18)23)17-15(24)27-6-7-1-2-10(28-7)19(25)26/h1-4,8,11-13,20-22H,5-6H2,(H,16,17,23,24)/t8?,11-,12+,13-/m1/s1. The highest BCUT2D eigenvalue weighted by Crippen LogP contribution is 2.28. The van der Waals surface area contributed by atoms with Gasteiger partial charge in [0.15, 0.2) is 12.8 Å². The van der Waals surface area contributed by atoms with Crippen LogP contribution in [-0.4, -0.2) is 60.8 Å². The van der Waals surface area contributed by atoms with E-state index in [4.69, 9.17) is 19.0 Å². The number of nitrogens with zero attached hydrogens (tertiary/aromatic N) is 3. The van der Waals surface area contributed by atoms with Crippen LogP contribution in [0.2, 0.25) is 0 Å². The zero-order chi connectivity index (χ0) is 21.1. The number of anilines is 1. The predicted octanol–water partition coefficient (Wildman–Crippen LogP) is -0.895. The molecule has 14 heteroatoms. The molecule has 0 saturated carbocycles. The number of nitrogens with one attached hydrogen (secondary N) is 1. The van der Waals surface area contributed by atoms with Gasteiger partial charge in [-0.05, 0) is 12.1 Å². The number of amides is 1. The normalized spacial score (nSPS) is 23.7. The van der Waals surface area contributed by atoms with Gasteiger partial charge < -0.3 is 29.2 Å². The fourth-order valence-corrected chi connectivity index (χ4v) is 2.61. The first-order valence-corrected chi connectivity index (χ1v) is 8.18. The number of carbonyl (C=O) groups excluding carboxylic acids is 1. The number of nitro groups is 1. The van der Waals surface area contributed by atoms with Crippen molar-refractivity contribution in [3.8, 4) is 0 Å². The van der Waals surface area contributed by atoms with E-state index in [-0.39, 0.29) is 18.2 Å². The van der Waals surface area contributed by atoms with Gasteiger partial charge in [0.2, 0.25) is 0 Å². The van der Waals surface area contributed by atoms with Crippen LogP contribution in [-0.2, 0) is 16.1 Å². The Morgan fingerprint density at radius 3 is 2.69 bits per heavy atom. The summed E-state index contributed by atoms with van der Waals surface area (Å²) < 4.78 is 15.8. The van der Waals surface area contributed by atoms with Crippen LogP contribution < -0.4 is 11.0 Å². The highest BCUT2D eigenvalue weighted by Gasteiger charge is 2.43. The average Bonchev–Trinajstić information content (AvgIpc) is 3.26. The molecule has 3 rings (SSSR count). The van der Waals surface area contributed by atoms with Crippen LogP contribution in [0, 0.1) is 10.1 Å². The van der Waals surface area contributed by atoms with Crippen LogP contribution >= 0.6 is 0 Å². The highest BCUT2D eigenvalue weighted by molar-refractivity contribution is 5.83. The Morgan fingerprint density at radius 2 is 2.10 bits per heavy atom. The van der Waals surface area contributed by atoms with Gasteiger partial charge in [-0.15, -0.1) is 0 Å². The number of aliphatic hydroxyl groups excluding tert-OH is 3. The summed E-state index contributed by atoms with van der Waals surface area (Å²) in [6, 6.07) is 3.59. The topological polar surface area (TPSA) is 199 Å². The molecule has 1 amide bonds. The van der Waals surface area contributed by atoms with Gasteiger partial charge in [0, 0.05) is 6.20 Å². The Labute approximate surface area is 161 Å². The van der Waals surface area contributed by atoms with Crippen molar-refractivity contribution >= 4 is 17.8 Å². The molecular formula is C15H16N4O10. The summed E-state index contributed by atoms with van der Waals surface area (Å²) in [5, 5.41) is 41.5. The molecule has 1 aliphatic rings. The number of aliphatic hydroxyl groups is 3. The Balaban J connectivity index is 1.60. The second kappa shape index (κ2) is 8.36. The fourth-order valence-electron chi connectivity index (χ4n) is 2.61. The number of aromatic nitrogens is 2. The minimum atomic E-state index is -1.47. The monoisotopic (exact) mass is 412 g/mol. The average molecular weight is 412 g/mol. The third-order valence-electron chi connectivity index (χ3n) is 4.02.